The van der Waals surface area contributed by atoms with Crippen LogP contribution in [-0.4, -0.2) is 17.6 Å². The zero-order valence-corrected chi connectivity index (χ0v) is 11.5. The molecule has 0 spiro atoms. The number of amides is 1. The van der Waals surface area contributed by atoms with Crippen LogP contribution in [0.25, 0.3) is 0 Å². The van der Waals surface area contributed by atoms with Crippen molar-refractivity contribution >= 4 is 17.5 Å². The summed E-state index contributed by atoms with van der Waals surface area (Å²) in [6.07, 6.45) is 0. The van der Waals surface area contributed by atoms with Crippen molar-refractivity contribution in [2.45, 2.75) is 6.04 Å². The molecular weight excluding hydrogens is 276 g/mol. The van der Waals surface area contributed by atoms with Gasteiger partial charge in [0.25, 0.3) is 5.91 Å². The van der Waals surface area contributed by atoms with Gasteiger partial charge >= 0.3 is 0 Å². The summed E-state index contributed by atoms with van der Waals surface area (Å²) in [5.41, 5.74) is 6.84. The zero-order chi connectivity index (χ0) is 14.5. The van der Waals surface area contributed by atoms with Crippen molar-refractivity contribution in [1.29, 1.82) is 0 Å². The van der Waals surface area contributed by atoms with Crippen LogP contribution in [0.5, 0.6) is 5.75 Å². The minimum absolute atomic E-state index is 0.0106. The van der Waals surface area contributed by atoms with Gasteiger partial charge < -0.3 is 16.2 Å². The molecule has 0 bridgehead atoms. The highest BCUT2D eigenvalue weighted by Gasteiger charge is 2.16. The predicted molar refractivity (Wildman–Crippen MR) is 78.8 cm³/mol. The van der Waals surface area contributed by atoms with Gasteiger partial charge in [-0.2, -0.15) is 0 Å². The van der Waals surface area contributed by atoms with Gasteiger partial charge in [0, 0.05) is 6.54 Å². The van der Waals surface area contributed by atoms with Crippen molar-refractivity contribution < 1.29 is 9.90 Å². The number of rotatable bonds is 4. The average molecular weight is 291 g/mol. The molecule has 0 heterocycles. The number of phenolic OH excluding ortho intramolecular Hbond substituents is 1. The monoisotopic (exact) mass is 290 g/mol. The maximum Gasteiger partial charge on any atom is 0.253 e. The lowest BCUT2D eigenvalue weighted by molar-refractivity contribution is 0.0937. The van der Waals surface area contributed by atoms with Gasteiger partial charge in [0.05, 0.1) is 16.6 Å². The summed E-state index contributed by atoms with van der Waals surface area (Å²) >= 11 is 5.96. The number of aromatic hydroxyl groups is 1. The van der Waals surface area contributed by atoms with E-state index in [9.17, 15) is 9.90 Å². The number of halogens is 1. The minimum atomic E-state index is -0.370. The molecule has 104 valence electrons. The Labute approximate surface area is 122 Å². The lowest BCUT2D eigenvalue weighted by Gasteiger charge is -2.17. The summed E-state index contributed by atoms with van der Waals surface area (Å²) in [4.78, 5) is 12.2. The Morgan fingerprint density at radius 1 is 1.25 bits per heavy atom. The number of hydrogen-bond acceptors (Lipinski definition) is 3. The summed E-state index contributed by atoms with van der Waals surface area (Å²) in [6, 6.07) is 13.4. The van der Waals surface area contributed by atoms with Gasteiger partial charge in [0.2, 0.25) is 0 Å². The van der Waals surface area contributed by atoms with E-state index in [1.807, 2.05) is 30.3 Å². The van der Waals surface area contributed by atoms with E-state index in [2.05, 4.69) is 5.32 Å². The molecule has 0 aliphatic carbocycles. The maximum absolute atomic E-state index is 12.2. The molecule has 20 heavy (non-hydrogen) atoms. The Morgan fingerprint density at radius 3 is 2.60 bits per heavy atom. The molecule has 0 fully saturated rings. The van der Waals surface area contributed by atoms with E-state index >= 15 is 0 Å². The summed E-state index contributed by atoms with van der Waals surface area (Å²) in [6.45, 7) is 0.270. The number of nitrogens with two attached hydrogens (primary N) is 1. The fourth-order valence-corrected chi connectivity index (χ4v) is 2.09. The van der Waals surface area contributed by atoms with Crippen LogP contribution in [0.15, 0.2) is 48.5 Å². The molecular formula is C15H15ClN2O2. The number of carbonyl (C=O) groups excluding carboxylic acids is 1. The third kappa shape index (κ3) is 3.29. The second kappa shape index (κ2) is 6.41. The Morgan fingerprint density at radius 2 is 1.95 bits per heavy atom. The largest absolute Gasteiger partial charge is 0.508 e. The molecule has 0 aliphatic heterocycles. The smallest absolute Gasteiger partial charge is 0.253 e. The molecule has 1 amide bonds. The summed E-state index contributed by atoms with van der Waals surface area (Å²) in [7, 11) is 0. The van der Waals surface area contributed by atoms with E-state index in [-0.39, 0.29) is 34.8 Å². The van der Waals surface area contributed by atoms with Crippen LogP contribution in [0.2, 0.25) is 5.02 Å². The number of hydrogen-bond donors (Lipinski definition) is 3. The Hall–Kier alpha value is -2.04. The van der Waals surface area contributed by atoms with E-state index in [0.717, 1.165) is 5.56 Å². The fourth-order valence-electron chi connectivity index (χ4n) is 1.89. The highest BCUT2D eigenvalue weighted by Crippen LogP contribution is 2.22. The molecule has 1 atom stereocenters. The molecule has 2 aromatic carbocycles. The second-order valence-corrected chi connectivity index (χ2v) is 4.74. The normalized spacial score (nSPS) is 11.9. The summed E-state index contributed by atoms with van der Waals surface area (Å²) in [5.74, 6) is -0.381. The maximum atomic E-state index is 12.2. The van der Waals surface area contributed by atoms with E-state index in [1.54, 1.807) is 0 Å². The van der Waals surface area contributed by atoms with Crippen molar-refractivity contribution in [2.24, 2.45) is 5.73 Å². The molecule has 0 saturated heterocycles. The third-order valence-corrected chi connectivity index (χ3v) is 3.27. The molecule has 4 N–H and O–H groups in total. The first kappa shape index (κ1) is 14.4. The third-order valence-electron chi connectivity index (χ3n) is 2.94. The van der Waals surface area contributed by atoms with Crippen LogP contribution in [0.3, 0.4) is 0 Å². The van der Waals surface area contributed by atoms with Crippen LogP contribution in [0.4, 0.5) is 0 Å². The van der Waals surface area contributed by atoms with Crippen LogP contribution in [0.1, 0.15) is 22.0 Å². The van der Waals surface area contributed by atoms with Gasteiger partial charge in [-0.05, 0) is 23.8 Å². The van der Waals surface area contributed by atoms with Crippen molar-refractivity contribution in [3.05, 3.63) is 64.7 Å². The highest BCUT2D eigenvalue weighted by atomic mass is 35.5. The quantitative estimate of drug-likeness (QED) is 0.810. The fraction of sp³-hybridized carbons (Fsp3) is 0.133. The van der Waals surface area contributed by atoms with Crippen LogP contribution in [0, 0.1) is 0 Å². The number of nitrogens with one attached hydrogen (secondary N) is 1. The molecule has 5 heteroatoms. The van der Waals surface area contributed by atoms with Crippen molar-refractivity contribution in [1.82, 2.24) is 5.32 Å². The second-order valence-electron chi connectivity index (χ2n) is 4.34. The first-order chi connectivity index (χ1) is 9.61. The average Bonchev–Trinajstić information content (AvgIpc) is 2.48. The van der Waals surface area contributed by atoms with E-state index in [4.69, 9.17) is 17.3 Å². The first-order valence-corrected chi connectivity index (χ1v) is 6.54. The van der Waals surface area contributed by atoms with Crippen LogP contribution >= 0.6 is 11.6 Å². The molecule has 0 aliphatic rings. The van der Waals surface area contributed by atoms with Gasteiger partial charge in [0.15, 0.2) is 0 Å². The lowest BCUT2D eigenvalue weighted by Crippen LogP contribution is -2.33. The van der Waals surface area contributed by atoms with Crippen molar-refractivity contribution in [3.8, 4) is 5.75 Å². The van der Waals surface area contributed by atoms with Gasteiger partial charge in [-0.1, -0.05) is 41.9 Å². The molecule has 2 rings (SSSR count). The minimum Gasteiger partial charge on any atom is -0.508 e. The number of phenols is 1. The Balaban J connectivity index is 2.20. The number of benzene rings is 2. The Bertz CT molecular complexity index is 602. The first-order valence-electron chi connectivity index (χ1n) is 6.16. The van der Waals surface area contributed by atoms with Gasteiger partial charge in [0.1, 0.15) is 5.75 Å². The van der Waals surface area contributed by atoms with E-state index in [0.29, 0.717) is 0 Å². The molecule has 4 nitrogen and oxygen atoms in total. The van der Waals surface area contributed by atoms with Crippen molar-refractivity contribution in [2.75, 3.05) is 6.54 Å². The van der Waals surface area contributed by atoms with Gasteiger partial charge in [-0.25, -0.2) is 0 Å². The zero-order valence-electron chi connectivity index (χ0n) is 10.7. The standard InChI is InChI=1S/C15H15ClN2O2/c16-13-7-6-11(19)8-12(13)15(20)18-14(9-17)10-4-2-1-3-5-10/h1-8,14,19H,9,17H2,(H,18,20). The number of carbonyl (C=O) groups is 1. The highest BCUT2D eigenvalue weighted by molar-refractivity contribution is 6.33. The molecule has 0 saturated carbocycles. The Kier molecular flexibility index (Phi) is 4.61. The summed E-state index contributed by atoms with van der Waals surface area (Å²) in [5, 5.41) is 12.5. The van der Waals surface area contributed by atoms with Crippen LogP contribution < -0.4 is 11.1 Å². The molecule has 0 aromatic heterocycles. The van der Waals surface area contributed by atoms with E-state index < -0.39 is 0 Å². The van der Waals surface area contributed by atoms with Gasteiger partial charge in [-0.3, -0.25) is 4.79 Å². The molecule has 2 aromatic rings. The van der Waals surface area contributed by atoms with E-state index in [1.165, 1.54) is 18.2 Å². The topological polar surface area (TPSA) is 75.3 Å². The molecule has 0 radical (unpaired) electrons. The predicted octanol–water partition coefficient (Wildman–Crippen LogP) is 2.48. The summed E-state index contributed by atoms with van der Waals surface area (Å²) < 4.78 is 0. The van der Waals surface area contributed by atoms with Gasteiger partial charge in [-0.15, -0.1) is 0 Å². The lowest BCUT2D eigenvalue weighted by atomic mass is 10.1. The SMILES string of the molecule is NCC(NC(=O)c1cc(O)ccc1Cl)c1ccccc1. The molecule has 1 unspecified atom stereocenters. The van der Waals surface area contributed by atoms with Crippen molar-refractivity contribution in [3.63, 3.8) is 0 Å². The van der Waals surface area contributed by atoms with Crippen LogP contribution in [-0.2, 0) is 0 Å².